The molecule has 1 heterocycles. The third kappa shape index (κ3) is 3.48. The second-order valence-corrected chi connectivity index (χ2v) is 6.28. The van der Waals surface area contributed by atoms with Crippen molar-refractivity contribution in [2.45, 2.75) is 26.7 Å². The Labute approximate surface area is 142 Å². The molecule has 0 aromatic heterocycles. The number of rotatable bonds is 4. The fourth-order valence-electron chi connectivity index (χ4n) is 2.96. The first-order chi connectivity index (χ1) is 11.6. The van der Waals surface area contributed by atoms with E-state index in [4.69, 9.17) is 0 Å². The Morgan fingerprint density at radius 2 is 1.96 bits per heavy atom. The number of amides is 2. The Hall–Kier alpha value is -2.62. The smallest absolute Gasteiger partial charge is 0.229 e. The lowest BCUT2D eigenvalue weighted by atomic mass is 10.1. The van der Waals surface area contributed by atoms with Crippen LogP contribution >= 0.6 is 0 Å². The summed E-state index contributed by atoms with van der Waals surface area (Å²) in [6.45, 7) is 4.52. The van der Waals surface area contributed by atoms with Gasteiger partial charge in [-0.1, -0.05) is 36.8 Å². The lowest BCUT2D eigenvalue weighted by Crippen LogP contribution is -2.28. The maximum atomic E-state index is 12.5. The predicted octanol–water partition coefficient (Wildman–Crippen LogP) is 3.55. The van der Waals surface area contributed by atoms with E-state index in [1.807, 2.05) is 55.5 Å². The summed E-state index contributed by atoms with van der Waals surface area (Å²) in [6.07, 6.45) is 1.18. The maximum absolute atomic E-state index is 12.5. The van der Waals surface area contributed by atoms with Gasteiger partial charge in [-0.25, -0.2) is 0 Å². The van der Waals surface area contributed by atoms with Crippen LogP contribution in [-0.2, 0) is 16.0 Å². The molecule has 0 aliphatic carbocycles. The highest BCUT2D eigenvalue weighted by Crippen LogP contribution is 2.27. The predicted molar refractivity (Wildman–Crippen MR) is 96.1 cm³/mol. The van der Waals surface area contributed by atoms with Crippen molar-refractivity contribution in [2.24, 2.45) is 5.92 Å². The van der Waals surface area contributed by atoms with Gasteiger partial charge in [0.25, 0.3) is 0 Å². The van der Waals surface area contributed by atoms with Crippen LogP contribution in [0.2, 0.25) is 0 Å². The van der Waals surface area contributed by atoms with Crippen molar-refractivity contribution in [3.63, 3.8) is 0 Å². The second kappa shape index (κ2) is 6.87. The Balaban J connectivity index is 1.69. The molecular weight excluding hydrogens is 300 g/mol. The van der Waals surface area contributed by atoms with Gasteiger partial charge in [0.15, 0.2) is 0 Å². The molecule has 1 atom stereocenters. The minimum atomic E-state index is -0.316. The molecule has 3 rings (SSSR count). The van der Waals surface area contributed by atoms with Crippen molar-refractivity contribution in [3.8, 4) is 0 Å². The average molecular weight is 322 g/mol. The third-order valence-electron chi connectivity index (χ3n) is 4.45. The van der Waals surface area contributed by atoms with Crippen LogP contribution in [0.5, 0.6) is 0 Å². The Kier molecular flexibility index (Phi) is 4.65. The van der Waals surface area contributed by atoms with Crippen molar-refractivity contribution < 1.29 is 9.59 Å². The van der Waals surface area contributed by atoms with Crippen LogP contribution in [-0.4, -0.2) is 18.4 Å². The largest absolute Gasteiger partial charge is 0.326 e. The number of hydrogen-bond acceptors (Lipinski definition) is 2. The molecule has 1 fully saturated rings. The minimum absolute atomic E-state index is 0.00677. The number of hydrogen-bond donors (Lipinski definition) is 1. The molecule has 0 spiro atoms. The number of nitrogens with one attached hydrogen (secondary N) is 1. The van der Waals surface area contributed by atoms with E-state index in [9.17, 15) is 9.59 Å². The molecule has 124 valence electrons. The Morgan fingerprint density at radius 1 is 1.21 bits per heavy atom. The molecule has 0 saturated carbocycles. The molecule has 0 radical (unpaired) electrons. The van der Waals surface area contributed by atoms with Gasteiger partial charge in [-0.2, -0.15) is 0 Å². The van der Waals surface area contributed by atoms with E-state index >= 15 is 0 Å². The van der Waals surface area contributed by atoms with Gasteiger partial charge in [-0.15, -0.1) is 0 Å². The fraction of sp³-hybridized carbons (Fsp3) is 0.300. The number of anilines is 2. The molecule has 24 heavy (non-hydrogen) atoms. The summed E-state index contributed by atoms with van der Waals surface area (Å²) in [4.78, 5) is 26.5. The fourth-order valence-corrected chi connectivity index (χ4v) is 2.96. The monoisotopic (exact) mass is 322 g/mol. The zero-order valence-corrected chi connectivity index (χ0v) is 14.1. The molecule has 4 nitrogen and oxygen atoms in total. The zero-order chi connectivity index (χ0) is 17.1. The molecule has 2 amide bonds. The summed E-state index contributed by atoms with van der Waals surface area (Å²) in [5.74, 6) is -0.405. The van der Waals surface area contributed by atoms with Crippen LogP contribution in [0.25, 0.3) is 0 Å². The van der Waals surface area contributed by atoms with E-state index in [0.717, 1.165) is 23.4 Å². The lowest BCUT2D eigenvalue weighted by molar-refractivity contribution is -0.122. The number of carbonyl (C=O) groups is 2. The first-order valence-corrected chi connectivity index (χ1v) is 8.33. The van der Waals surface area contributed by atoms with E-state index in [0.29, 0.717) is 6.54 Å². The van der Waals surface area contributed by atoms with E-state index < -0.39 is 0 Å². The molecule has 4 heteroatoms. The highest BCUT2D eigenvalue weighted by atomic mass is 16.2. The van der Waals surface area contributed by atoms with Crippen LogP contribution in [0.3, 0.4) is 0 Å². The van der Waals surface area contributed by atoms with E-state index in [2.05, 4.69) is 12.2 Å². The highest BCUT2D eigenvalue weighted by Gasteiger charge is 2.35. The first kappa shape index (κ1) is 16.2. The molecule has 1 saturated heterocycles. The Bertz CT molecular complexity index is 752. The standard InChI is InChI=1S/C20H22N2O2/c1-3-15-5-4-6-18(11-15)22-13-16(12-19(22)23)20(24)21-17-9-7-14(2)8-10-17/h4-11,16H,3,12-13H2,1-2H3,(H,21,24)/t16-/m0/s1. The maximum Gasteiger partial charge on any atom is 0.229 e. The van der Waals surface area contributed by atoms with Gasteiger partial charge < -0.3 is 10.2 Å². The quantitative estimate of drug-likeness (QED) is 0.936. The first-order valence-electron chi connectivity index (χ1n) is 8.33. The molecule has 0 bridgehead atoms. The summed E-state index contributed by atoms with van der Waals surface area (Å²) in [7, 11) is 0. The van der Waals surface area contributed by atoms with E-state index in [1.165, 1.54) is 5.56 Å². The number of aryl methyl sites for hydroxylation is 2. The van der Waals surface area contributed by atoms with Gasteiger partial charge in [-0.05, 0) is 43.2 Å². The van der Waals surface area contributed by atoms with Gasteiger partial charge in [0.1, 0.15) is 0 Å². The number of benzene rings is 2. The van der Waals surface area contributed by atoms with Gasteiger partial charge in [0.2, 0.25) is 11.8 Å². The van der Waals surface area contributed by atoms with Crippen LogP contribution in [0.1, 0.15) is 24.5 Å². The van der Waals surface area contributed by atoms with Gasteiger partial charge in [0.05, 0.1) is 5.92 Å². The molecule has 1 aliphatic heterocycles. The Morgan fingerprint density at radius 3 is 2.67 bits per heavy atom. The zero-order valence-electron chi connectivity index (χ0n) is 14.1. The summed E-state index contributed by atoms with van der Waals surface area (Å²) in [5.41, 5.74) is 3.98. The normalized spacial score (nSPS) is 17.2. The van der Waals surface area contributed by atoms with Crippen LogP contribution in [0.15, 0.2) is 48.5 Å². The summed E-state index contributed by atoms with van der Waals surface area (Å²) in [6, 6.07) is 15.6. The van der Waals surface area contributed by atoms with Crippen LogP contribution < -0.4 is 10.2 Å². The third-order valence-corrected chi connectivity index (χ3v) is 4.45. The molecule has 0 unspecified atom stereocenters. The van der Waals surface area contributed by atoms with Crippen molar-refractivity contribution >= 4 is 23.2 Å². The number of carbonyl (C=O) groups excluding carboxylic acids is 2. The van der Waals surface area contributed by atoms with Crippen molar-refractivity contribution in [1.29, 1.82) is 0 Å². The minimum Gasteiger partial charge on any atom is -0.326 e. The van der Waals surface area contributed by atoms with E-state index in [-0.39, 0.29) is 24.2 Å². The lowest BCUT2D eigenvalue weighted by Gasteiger charge is -2.17. The topological polar surface area (TPSA) is 49.4 Å². The van der Waals surface area contributed by atoms with Crippen LogP contribution in [0, 0.1) is 12.8 Å². The van der Waals surface area contributed by atoms with Gasteiger partial charge >= 0.3 is 0 Å². The number of nitrogens with zero attached hydrogens (tertiary/aromatic N) is 1. The molecule has 2 aromatic carbocycles. The molecular formula is C20H22N2O2. The van der Waals surface area contributed by atoms with Gasteiger partial charge in [-0.3, -0.25) is 9.59 Å². The molecule has 1 N–H and O–H groups in total. The van der Waals surface area contributed by atoms with Crippen molar-refractivity contribution in [3.05, 3.63) is 59.7 Å². The SMILES string of the molecule is CCc1cccc(N2C[C@@H](C(=O)Nc3ccc(C)cc3)CC2=O)c1. The summed E-state index contributed by atoms with van der Waals surface area (Å²) >= 11 is 0. The highest BCUT2D eigenvalue weighted by molar-refractivity contribution is 6.03. The van der Waals surface area contributed by atoms with E-state index in [1.54, 1.807) is 4.90 Å². The molecule has 2 aromatic rings. The summed E-state index contributed by atoms with van der Waals surface area (Å²) in [5, 5.41) is 2.91. The van der Waals surface area contributed by atoms with Crippen LogP contribution in [0.4, 0.5) is 11.4 Å². The average Bonchev–Trinajstić information content (AvgIpc) is 2.99. The van der Waals surface area contributed by atoms with Crippen molar-refractivity contribution in [2.75, 3.05) is 16.8 Å². The second-order valence-electron chi connectivity index (χ2n) is 6.28. The summed E-state index contributed by atoms with van der Waals surface area (Å²) < 4.78 is 0. The van der Waals surface area contributed by atoms with Gasteiger partial charge in [0, 0.05) is 24.3 Å². The van der Waals surface area contributed by atoms with Crippen molar-refractivity contribution in [1.82, 2.24) is 0 Å². The molecule has 1 aliphatic rings.